The maximum atomic E-state index is 11.7. The first-order valence-electron chi connectivity index (χ1n) is 6.61. The van der Waals surface area contributed by atoms with Gasteiger partial charge in [0.1, 0.15) is 11.6 Å². The van der Waals surface area contributed by atoms with Gasteiger partial charge in [-0.25, -0.2) is 4.98 Å². The summed E-state index contributed by atoms with van der Waals surface area (Å²) in [5, 5.41) is 10.4. The number of carbonyl (C=O) groups excluding carboxylic acids is 1. The molecule has 0 radical (unpaired) electrons. The van der Waals surface area contributed by atoms with Crippen molar-refractivity contribution in [2.45, 2.75) is 26.7 Å². The van der Waals surface area contributed by atoms with E-state index in [1.54, 1.807) is 6.20 Å². The molecule has 20 heavy (non-hydrogen) atoms. The number of ether oxygens (including phenoxy) is 1. The van der Waals surface area contributed by atoms with Crippen LogP contribution in [0.25, 0.3) is 16.8 Å². The number of carbonyl (C=O) groups is 1. The molecule has 0 bridgehead atoms. The second-order valence-electron chi connectivity index (χ2n) is 4.35. The highest BCUT2D eigenvalue weighted by Gasteiger charge is 2.11. The van der Waals surface area contributed by atoms with Crippen LogP contribution in [0.5, 0.6) is 0 Å². The summed E-state index contributed by atoms with van der Waals surface area (Å²) in [5.41, 5.74) is 1.32. The fraction of sp³-hybridized carbons (Fsp3) is 0.357. The first kappa shape index (κ1) is 14.0. The summed E-state index contributed by atoms with van der Waals surface area (Å²) >= 11 is 0. The standard InChI is InChI=1S/C14H18N4O2/c1-4-6-12(19)16-14-11-7-10(9(3)20-5-2)8-15-13(11)17-18-14/h7-8H,3-6H2,1-2H3,(H2,15,16,17,18,19). The minimum Gasteiger partial charge on any atom is -0.494 e. The van der Waals surface area contributed by atoms with Crippen molar-refractivity contribution in [3.8, 4) is 0 Å². The first-order chi connectivity index (χ1) is 9.65. The number of pyridine rings is 1. The van der Waals surface area contributed by atoms with E-state index in [-0.39, 0.29) is 5.91 Å². The normalized spacial score (nSPS) is 10.5. The van der Waals surface area contributed by atoms with E-state index in [1.165, 1.54) is 0 Å². The fourth-order valence-electron chi connectivity index (χ4n) is 1.83. The van der Waals surface area contributed by atoms with Gasteiger partial charge in [0.05, 0.1) is 12.0 Å². The van der Waals surface area contributed by atoms with Crippen molar-refractivity contribution in [1.29, 1.82) is 0 Å². The molecule has 0 unspecified atom stereocenters. The maximum Gasteiger partial charge on any atom is 0.225 e. The number of fused-ring (bicyclic) bond motifs is 1. The highest BCUT2D eigenvalue weighted by Crippen LogP contribution is 2.23. The van der Waals surface area contributed by atoms with Crippen molar-refractivity contribution in [1.82, 2.24) is 15.2 Å². The van der Waals surface area contributed by atoms with E-state index in [0.717, 1.165) is 17.4 Å². The van der Waals surface area contributed by atoms with Gasteiger partial charge >= 0.3 is 0 Å². The quantitative estimate of drug-likeness (QED) is 0.794. The molecule has 2 rings (SSSR count). The topological polar surface area (TPSA) is 79.9 Å². The largest absolute Gasteiger partial charge is 0.494 e. The number of nitrogens with one attached hydrogen (secondary N) is 2. The fourth-order valence-corrected chi connectivity index (χ4v) is 1.83. The summed E-state index contributed by atoms with van der Waals surface area (Å²) in [6, 6.07) is 1.85. The van der Waals surface area contributed by atoms with E-state index < -0.39 is 0 Å². The third-order valence-electron chi connectivity index (χ3n) is 2.79. The molecular weight excluding hydrogens is 256 g/mol. The molecule has 0 atom stereocenters. The number of aromatic nitrogens is 3. The Morgan fingerprint density at radius 2 is 2.30 bits per heavy atom. The van der Waals surface area contributed by atoms with Crippen LogP contribution in [-0.2, 0) is 9.53 Å². The van der Waals surface area contributed by atoms with Crippen LogP contribution >= 0.6 is 0 Å². The molecule has 0 aliphatic rings. The summed E-state index contributed by atoms with van der Waals surface area (Å²) in [6.45, 7) is 8.24. The van der Waals surface area contributed by atoms with Crippen molar-refractivity contribution in [3.05, 3.63) is 24.4 Å². The molecule has 2 aromatic rings. The van der Waals surface area contributed by atoms with Crippen molar-refractivity contribution in [2.75, 3.05) is 11.9 Å². The van der Waals surface area contributed by atoms with Gasteiger partial charge in [-0.05, 0) is 19.4 Å². The van der Waals surface area contributed by atoms with Gasteiger partial charge in [-0.3, -0.25) is 9.89 Å². The van der Waals surface area contributed by atoms with Gasteiger partial charge in [0.25, 0.3) is 0 Å². The highest BCUT2D eigenvalue weighted by molar-refractivity contribution is 5.99. The number of hydrogen-bond acceptors (Lipinski definition) is 4. The lowest BCUT2D eigenvalue weighted by atomic mass is 10.2. The number of amides is 1. The molecule has 0 aliphatic heterocycles. The SMILES string of the molecule is C=C(OCC)c1cnc2n[nH]c(NC(=O)CCC)c2c1. The second kappa shape index (κ2) is 6.18. The summed E-state index contributed by atoms with van der Waals surface area (Å²) < 4.78 is 5.36. The third-order valence-corrected chi connectivity index (χ3v) is 2.79. The van der Waals surface area contributed by atoms with Gasteiger partial charge in [0.2, 0.25) is 5.91 Å². The lowest BCUT2D eigenvalue weighted by molar-refractivity contribution is -0.116. The molecule has 0 saturated heterocycles. The zero-order valence-electron chi connectivity index (χ0n) is 11.7. The van der Waals surface area contributed by atoms with Crippen LogP contribution in [0.4, 0.5) is 5.82 Å². The molecule has 0 aliphatic carbocycles. The molecule has 2 N–H and O–H groups in total. The molecule has 0 fully saturated rings. The number of aromatic amines is 1. The average Bonchev–Trinajstić information content (AvgIpc) is 2.82. The van der Waals surface area contributed by atoms with Gasteiger partial charge in [-0.15, -0.1) is 0 Å². The van der Waals surface area contributed by atoms with Gasteiger partial charge < -0.3 is 10.1 Å². The van der Waals surface area contributed by atoms with Crippen LogP contribution in [0.3, 0.4) is 0 Å². The van der Waals surface area contributed by atoms with Crippen LogP contribution in [0.2, 0.25) is 0 Å². The minimum absolute atomic E-state index is 0.0490. The van der Waals surface area contributed by atoms with Crippen LogP contribution in [0.1, 0.15) is 32.3 Å². The Bertz CT molecular complexity index is 633. The average molecular weight is 274 g/mol. The molecule has 1 amide bonds. The molecule has 0 spiro atoms. The predicted octanol–water partition coefficient (Wildman–Crippen LogP) is 2.70. The molecule has 0 saturated carbocycles. The van der Waals surface area contributed by atoms with Gasteiger partial charge in [-0.2, -0.15) is 5.10 Å². The lowest BCUT2D eigenvalue weighted by Gasteiger charge is -2.06. The summed E-state index contributed by atoms with van der Waals surface area (Å²) in [7, 11) is 0. The number of hydrogen-bond donors (Lipinski definition) is 2. The summed E-state index contributed by atoms with van der Waals surface area (Å²) in [4.78, 5) is 15.9. The highest BCUT2D eigenvalue weighted by atomic mass is 16.5. The van der Waals surface area contributed by atoms with Crippen LogP contribution < -0.4 is 5.32 Å². The van der Waals surface area contributed by atoms with E-state index in [2.05, 4.69) is 27.1 Å². The molecule has 2 heterocycles. The Morgan fingerprint density at radius 3 is 3.00 bits per heavy atom. The van der Waals surface area contributed by atoms with E-state index >= 15 is 0 Å². The van der Waals surface area contributed by atoms with E-state index in [4.69, 9.17) is 4.74 Å². The molecule has 6 heteroatoms. The first-order valence-corrected chi connectivity index (χ1v) is 6.61. The number of nitrogens with zero attached hydrogens (tertiary/aromatic N) is 2. The van der Waals surface area contributed by atoms with Crippen molar-refractivity contribution < 1.29 is 9.53 Å². The smallest absolute Gasteiger partial charge is 0.225 e. The predicted molar refractivity (Wildman–Crippen MR) is 78.1 cm³/mol. The lowest BCUT2D eigenvalue weighted by Crippen LogP contribution is -2.11. The Labute approximate surface area is 117 Å². The van der Waals surface area contributed by atoms with Crippen molar-refractivity contribution >= 4 is 28.5 Å². The molecule has 6 nitrogen and oxygen atoms in total. The minimum atomic E-state index is -0.0490. The Hall–Kier alpha value is -2.37. The Morgan fingerprint density at radius 1 is 1.50 bits per heavy atom. The van der Waals surface area contributed by atoms with E-state index in [1.807, 2.05) is 19.9 Å². The zero-order valence-corrected chi connectivity index (χ0v) is 11.7. The van der Waals surface area contributed by atoms with Gasteiger partial charge in [0, 0.05) is 18.2 Å². The second-order valence-corrected chi connectivity index (χ2v) is 4.35. The van der Waals surface area contributed by atoms with E-state index in [9.17, 15) is 4.79 Å². The maximum absolute atomic E-state index is 11.7. The van der Waals surface area contributed by atoms with Crippen LogP contribution in [0, 0.1) is 0 Å². The molecule has 106 valence electrons. The molecule has 2 aromatic heterocycles. The molecular formula is C14H18N4O2. The van der Waals surface area contributed by atoms with Crippen LogP contribution in [0.15, 0.2) is 18.8 Å². The van der Waals surface area contributed by atoms with Gasteiger partial charge in [-0.1, -0.05) is 13.5 Å². The summed E-state index contributed by atoms with van der Waals surface area (Å²) in [6.07, 6.45) is 2.92. The number of H-pyrrole nitrogens is 1. The summed E-state index contributed by atoms with van der Waals surface area (Å²) in [5.74, 6) is 1.05. The van der Waals surface area contributed by atoms with Crippen molar-refractivity contribution in [3.63, 3.8) is 0 Å². The number of anilines is 1. The third kappa shape index (κ3) is 2.96. The van der Waals surface area contributed by atoms with Crippen molar-refractivity contribution in [2.24, 2.45) is 0 Å². The van der Waals surface area contributed by atoms with Crippen LogP contribution in [-0.4, -0.2) is 27.7 Å². The number of rotatable bonds is 6. The van der Waals surface area contributed by atoms with E-state index in [0.29, 0.717) is 30.3 Å². The zero-order chi connectivity index (χ0) is 14.5. The molecule has 0 aromatic carbocycles. The van der Waals surface area contributed by atoms with Gasteiger partial charge in [0.15, 0.2) is 5.65 Å². The Kier molecular flexibility index (Phi) is 4.34. The Balaban J connectivity index is 2.30. The monoisotopic (exact) mass is 274 g/mol.